The fourth-order valence-electron chi connectivity index (χ4n) is 1.96. The lowest BCUT2D eigenvalue weighted by Crippen LogP contribution is -2.02. The Kier molecular flexibility index (Phi) is 3.42. The van der Waals surface area contributed by atoms with Crippen LogP contribution in [-0.4, -0.2) is 30.8 Å². The van der Waals surface area contributed by atoms with Crippen LogP contribution in [0.2, 0.25) is 0 Å². The number of nitrogens with zero attached hydrogens (tertiary/aromatic N) is 4. The van der Waals surface area contributed by atoms with Crippen LogP contribution in [0, 0.1) is 0 Å². The molecule has 0 amide bonds. The molecule has 0 aliphatic heterocycles. The molecular formula is C15H12N4O2. The van der Waals surface area contributed by atoms with Gasteiger partial charge in [-0.3, -0.25) is 14.6 Å². The van der Waals surface area contributed by atoms with Gasteiger partial charge in [0, 0.05) is 18.6 Å². The number of aromatic carboxylic acids is 1. The maximum Gasteiger partial charge on any atom is 0.335 e. The van der Waals surface area contributed by atoms with Crippen molar-refractivity contribution in [2.75, 3.05) is 0 Å². The molecule has 0 saturated heterocycles. The van der Waals surface area contributed by atoms with Crippen LogP contribution in [0.1, 0.15) is 15.9 Å². The predicted octanol–water partition coefficient (Wildman–Crippen LogP) is 2.09. The Labute approximate surface area is 120 Å². The van der Waals surface area contributed by atoms with Gasteiger partial charge in [0.25, 0.3) is 0 Å². The van der Waals surface area contributed by atoms with Crippen LogP contribution < -0.4 is 0 Å². The third-order valence-electron chi connectivity index (χ3n) is 3.01. The first kappa shape index (κ1) is 13.0. The molecule has 0 saturated carbocycles. The van der Waals surface area contributed by atoms with Crippen molar-refractivity contribution in [1.29, 1.82) is 0 Å². The zero-order chi connectivity index (χ0) is 14.7. The highest BCUT2D eigenvalue weighted by Crippen LogP contribution is 2.13. The fraction of sp³-hybridized carbons (Fsp3) is 0.0667. The number of rotatable bonds is 4. The van der Waals surface area contributed by atoms with Crippen LogP contribution in [0.25, 0.3) is 11.4 Å². The van der Waals surface area contributed by atoms with Crippen molar-refractivity contribution in [2.45, 2.75) is 6.54 Å². The molecule has 104 valence electrons. The number of hydrogen-bond donors (Lipinski definition) is 1. The monoisotopic (exact) mass is 280 g/mol. The van der Waals surface area contributed by atoms with Gasteiger partial charge in [0.05, 0.1) is 18.3 Å². The van der Waals surface area contributed by atoms with Gasteiger partial charge in [0.15, 0.2) is 0 Å². The topological polar surface area (TPSA) is 80.9 Å². The van der Waals surface area contributed by atoms with Crippen LogP contribution in [0.4, 0.5) is 0 Å². The number of carbonyl (C=O) groups is 1. The highest BCUT2D eigenvalue weighted by molar-refractivity contribution is 5.87. The average molecular weight is 280 g/mol. The molecule has 1 aromatic carbocycles. The number of carboxylic acid groups (broad SMARTS) is 1. The van der Waals surface area contributed by atoms with E-state index in [0.717, 1.165) is 17.0 Å². The van der Waals surface area contributed by atoms with E-state index in [1.807, 2.05) is 12.3 Å². The van der Waals surface area contributed by atoms with Crippen molar-refractivity contribution < 1.29 is 9.90 Å². The van der Waals surface area contributed by atoms with E-state index in [1.165, 1.54) is 0 Å². The van der Waals surface area contributed by atoms with E-state index < -0.39 is 5.97 Å². The van der Waals surface area contributed by atoms with Crippen LogP contribution in [0.3, 0.4) is 0 Å². The zero-order valence-corrected chi connectivity index (χ0v) is 11.0. The fourth-order valence-corrected chi connectivity index (χ4v) is 1.96. The minimum Gasteiger partial charge on any atom is -0.478 e. The van der Waals surface area contributed by atoms with Crippen LogP contribution in [0.15, 0.2) is 55.1 Å². The Balaban J connectivity index is 1.77. The summed E-state index contributed by atoms with van der Waals surface area (Å²) in [6.45, 7) is 0.570. The van der Waals surface area contributed by atoms with Gasteiger partial charge in [-0.05, 0) is 23.8 Å². The molecule has 0 aliphatic carbocycles. The Morgan fingerprint density at radius 3 is 2.57 bits per heavy atom. The van der Waals surface area contributed by atoms with Gasteiger partial charge >= 0.3 is 5.97 Å². The maximum absolute atomic E-state index is 10.8. The summed E-state index contributed by atoms with van der Waals surface area (Å²) < 4.78 is 1.78. The van der Waals surface area contributed by atoms with E-state index >= 15 is 0 Å². The molecule has 0 atom stereocenters. The highest BCUT2D eigenvalue weighted by atomic mass is 16.4. The molecule has 0 aliphatic rings. The van der Waals surface area contributed by atoms with Gasteiger partial charge in [-0.1, -0.05) is 12.1 Å². The summed E-state index contributed by atoms with van der Waals surface area (Å²) in [4.78, 5) is 19.0. The number of hydrogen-bond acceptors (Lipinski definition) is 4. The molecule has 6 nitrogen and oxygen atoms in total. The van der Waals surface area contributed by atoms with Gasteiger partial charge < -0.3 is 5.11 Å². The summed E-state index contributed by atoms with van der Waals surface area (Å²) in [6.07, 6.45) is 6.76. The lowest BCUT2D eigenvalue weighted by Gasteiger charge is -2.02. The van der Waals surface area contributed by atoms with Gasteiger partial charge in [-0.2, -0.15) is 5.10 Å². The Hall–Kier alpha value is -3.02. The van der Waals surface area contributed by atoms with Crippen LogP contribution in [0.5, 0.6) is 0 Å². The molecular weight excluding hydrogens is 268 g/mol. The molecule has 0 spiro atoms. The van der Waals surface area contributed by atoms with Crippen LogP contribution in [-0.2, 0) is 6.54 Å². The summed E-state index contributed by atoms with van der Waals surface area (Å²) in [6, 6.07) is 8.62. The van der Waals surface area contributed by atoms with E-state index in [0.29, 0.717) is 6.54 Å². The number of benzene rings is 1. The molecule has 6 heteroatoms. The second-order valence-corrected chi connectivity index (χ2v) is 4.49. The van der Waals surface area contributed by atoms with Gasteiger partial charge in [0.2, 0.25) is 0 Å². The normalized spacial score (nSPS) is 10.5. The summed E-state index contributed by atoms with van der Waals surface area (Å²) in [5.41, 5.74) is 2.73. The summed E-state index contributed by atoms with van der Waals surface area (Å²) in [5, 5.41) is 13.3. The molecule has 21 heavy (non-hydrogen) atoms. The Morgan fingerprint density at radius 1 is 1.10 bits per heavy atom. The molecule has 2 aromatic heterocycles. The molecule has 0 fully saturated rings. The Bertz CT molecular complexity index is 751. The van der Waals surface area contributed by atoms with E-state index in [-0.39, 0.29) is 5.56 Å². The first-order valence-electron chi connectivity index (χ1n) is 6.34. The zero-order valence-electron chi connectivity index (χ0n) is 11.0. The van der Waals surface area contributed by atoms with E-state index in [2.05, 4.69) is 15.1 Å². The molecule has 0 radical (unpaired) electrons. The smallest absolute Gasteiger partial charge is 0.335 e. The van der Waals surface area contributed by atoms with Gasteiger partial charge in [-0.25, -0.2) is 4.79 Å². The van der Waals surface area contributed by atoms with E-state index in [4.69, 9.17) is 5.11 Å². The lowest BCUT2D eigenvalue weighted by atomic mass is 10.1. The Morgan fingerprint density at radius 2 is 1.90 bits per heavy atom. The summed E-state index contributed by atoms with van der Waals surface area (Å²) >= 11 is 0. The minimum absolute atomic E-state index is 0.277. The molecule has 3 aromatic rings. The number of carboxylic acids is 1. The van der Waals surface area contributed by atoms with Crippen molar-refractivity contribution in [2.24, 2.45) is 0 Å². The highest BCUT2D eigenvalue weighted by Gasteiger charge is 2.05. The third-order valence-corrected chi connectivity index (χ3v) is 3.01. The summed E-state index contributed by atoms with van der Waals surface area (Å²) in [7, 11) is 0. The molecule has 3 rings (SSSR count). The molecule has 2 heterocycles. The van der Waals surface area contributed by atoms with Gasteiger partial charge in [-0.15, -0.1) is 0 Å². The first-order valence-corrected chi connectivity index (χ1v) is 6.34. The van der Waals surface area contributed by atoms with E-state index in [1.54, 1.807) is 47.5 Å². The van der Waals surface area contributed by atoms with E-state index in [9.17, 15) is 4.79 Å². The van der Waals surface area contributed by atoms with Crippen LogP contribution >= 0.6 is 0 Å². The first-order chi connectivity index (χ1) is 10.2. The average Bonchev–Trinajstić information content (AvgIpc) is 2.97. The second kappa shape index (κ2) is 5.54. The predicted molar refractivity (Wildman–Crippen MR) is 75.8 cm³/mol. The second-order valence-electron chi connectivity index (χ2n) is 4.49. The largest absolute Gasteiger partial charge is 0.478 e. The number of aromatic nitrogens is 4. The molecule has 1 N–H and O–H groups in total. The van der Waals surface area contributed by atoms with Gasteiger partial charge in [0.1, 0.15) is 11.4 Å². The summed E-state index contributed by atoms with van der Waals surface area (Å²) in [5.74, 6) is -0.925. The lowest BCUT2D eigenvalue weighted by molar-refractivity contribution is 0.0697. The van der Waals surface area contributed by atoms with Crippen molar-refractivity contribution in [3.8, 4) is 11.4 Å². The van der Waals surface area contributed by atoms with Crippen molar-refractivity contribution in [1.82, 2.24) is 19.7 Å². The quantitative estimate of drug-likeness (QED) is 0.791. The van der Waals surface area contributed by atoms with Crippen molar-refractivity contribution in [3.05, 3.63) is 66.2 Å². The third kappa shape index (κ3) is 2.94. The van der Waals surface area contributed by atoms with Crippen molar-refractivity contribution >= 4 is 5.97 Å². The maximum atomic E-state index is 10.8. The van der Waals surface area contributed by atoms with Crippen molar-refractivity contribution in [3.63, 3.8) is 0 Å². The molecule has 0 bridgehead atoms. The standard InChI is InChI=1S/C15H12N4O2/c20-15(21)12-3-1-11(2-4-12)10-19-8-5-13(18-19)14-9-16-6-7-17-14/h1-9H,10H2,(H,20,21). The molecule has 0 unspecified atom stereocenters. The minimum atomic E-state index is -0.925. The SMILES string of the molecule is O=C(O)c1ccc(Cn2ccc(-c3cnccn3)n2)cc1.